The maximum absolute atomic E-state index is 5.32. The molecule has 3 rings (SSSR count). The van der Waals surface area contributed by atoms with Crippen molar-refractivity contribution < 1.29 is 4.74 Å². The second-order valence-corrected chi connectivity index (χ2v) is 5.45. The van der Waals surface area contributed by atoms with Gasteiger partial charge in [-0.15, -0.1) is 0 Å². The zero-order valence-corrected chi connectivity index (χ0v) is 12.5. The molecule has 0 bridgehead atoms. The number of benzene rings is 2. The van der Waals surface area contributed by atoms with Gasteiger partial charge in [-0.1, -0.05) is 42.5 Å². The van der Waals surface area contributed by atoms with Gasteiger partial charge in [-0.25, -0.2) is 0 Å². The predicted molar refractivity (Wildman–Crippen MR) is 85.5 cm³/mol. The molecule has 0 amide bonds. The van der Waals surface area contributed by atoms with Gasteiger partial charge >= 0.3 is 0 Å². The fraction of sp³-hybridized carbons (Fsp3) is 0.333. The van der Waals surface area contributed by atoms with Gasteiger partial charge in [0.1, 0.15) is 5.75 Å². The van der Waals surface area contributed by atoms with Crippen molar-refractivity contribution in [3.8, 4) is 5.75 Å². The van der Waals surface area contributed by atoms with E-state index in [0.717, 1.165) is 31.9 Å². The largest absolute Gasteiger partial charge is 0.497 e. The van der Waals surface area contributed by atoms with Crippen LogP contribution in [0.2, 0.25) is 0 Å². The summed E-state index contributed by atoms with van der Waals surface area (Å²) in [5, 5.41) is 3.51. The van der Waals surface area contributed by atoms with Crippen LogP contribution in [0.5, 0.6) is 5.75 Å². The van der Waals surface area contributed by atoms with Crippen molar-refractivity contribution in [2.75, 3.05) is 26.7 Å². The summed E-state index contributed by atoms with van der Waals surface area (Å²) < 4.78 is 5.32. The first-order valence-corrected chi connectivity index (χ1v) is 7.49. The average Bonchev–Trinajstić information content (AvgIpc) is 2.56. The van der Waals surface area contributed by atoms with Crippen LogP contribution in [0.3, 0.4) is 0 Å². The van der Waals surface area contributed by atoms with E-state index in [1.807, 2.05) is 6.07 Å². The molecule has 1 unspecified atom stereocenters. The Kier molecular flexibility index (Phi) is 4.53. The number of hydrogen-bond donors (Lipinski definition) is 1. The van der Waals surface area contributed by atoms with Gasteiger partial charge in [0.05, 0.1) is 7.11 Å². The van der Waals surface area contributed by atoms with Gasteiger partial charge in [0, 0.05) is 32.2 Å². The molecular formula is C18H22N2O. The Morgan fingerprint density at radius 2 is 2.00 bits per heavy atom. The van der Waals surface area contributed by atoms with Crippen LogP contribution in [0, 0.1) is 0 Å². The van der Waals surface area contributed by atoms with Crippen molar-refractivity contribution in [2.24, 2.45) is 0 Å². The van der Waals surface area contributed by atoms with E-state index in [2.05, 4.69) is 58.7 Å². The Morgan fingerprint density at radius 3 is 2.81 bits per heavy atom. The molecule has 1 saturated heterocycles. The first kappa shape index (κ1) is 14.1. The lowest BCUT2D eigenvalue weighted by molar-refractivity contribution is 0.153. The zero-order valence-electron chi connectivity index (χ0n) is 12.5. The molecule has 2 aromatic carbocycles. The molecule has 0 aromatic heterocycles. The molecule has 3 heteroatoms. The van der Waals surface area contributed by atoms with Gasteiger partial charge < -0.3 is 10.1 Å². The Hall–Kier alpha value is -1.84. The third kappa shape index (κ3) is 3.43. The number of nitrogens with one attached hydrogen (secondary N) is 1. The number of nitrogens with zero attached hydrogens (tertiary/aromatic N) is 1. The minimum absolute atomic E-state index is 0.436. The summed E-state index contributed by atoms with van der Waals surface area (Å²) in [5.41, 5.74) is 2.68. The summed E-state index contributed by atoms with van der Waals surface area (Å²) in [4.78, 5) is 2.54. The van der Waals surface area contributed by atoms with Crippen LogP contribution >= 0.6 is 0 Å². The fourth-order valence-electron chi connectivity index (χ4n) is 2.94. The summed E-state index contributed by atoms with van der Waals surface area (Å²) in [7, 11) is 1.72. The number of hydrogen-bond acceptors (Lipinski definition) is 3. The normalized spacial score (nSPS) is 19.4. The fourth-order valence-corrected chi connectivity index (χ4v) is 2.94. The topological polar surface area (TPSA) is 24.5 Å². The number of piperazine rings is 1. The third-order valence-electron chi connectivity index (χ3n) is 4.06. The summed E-state index contributed by atoms with van der Waals surface area (Å²) in [6, 6.07) is 19.5. The monoisotopic (exact) mass is 282 g/mol. The second kappa shape index (κ2) is 6.74. The molecule has 1 aliphatic heterocycles. The molecule has 110 valence electrons. The van der Waals surface area contributed by atoms with Crippen molar-refractivity contribution >= 4 is 0 Å². The van der Waals surface area contributed by atoms with Gasteiger partial charge in [-0.3, -0.25) is 4.90 Å². The van der Waals surface area contributed by atoms with Crippen LogP contribution in [0.1, 0.15) is 17.2 Å². The van der Waals surface area contributed by atoms with Crippen LogP contribution in [0.15, 0.2) is 54.6 Å². The van der Waals surface area contributed by atoms with E-state index in [9.17, 15) is 0 Å². The average molecular weight is 282 g/mol. The van der Waals surface area contributed by atoms with E-state index in [-0.39, 0.29) is 0 Å². The lowest BCUT2D eigenvalue weighted by Crippen LogP contribution is -2.45. The molecule has 0 aliphatic carbocycles. The van der Waals surface area contributed by atoms with E-state index in [1.54, 1.807) is 7.11 Å². The smallest absolute Gasteiger partial charge is 0.119 e. The lowest BCUT2D eigenvalue weighted by Gasteiger charge is -2.36. The molecule has 1 atom stereocenters. The standard InChI is InChI=1S/C18H22N2O/c1-21-17-9-5-6-15(12-17)14-20-11-10-19-13-18(20)16-7-3-2-4-8-16/h2-9,12,18-19H,10-11,13-14H2,1H3. The Labute approximate surface area is 126 Å². The van der Waals surface area contributed by atoms with Gasteiger partial charge in [-0.05, 0) is 23.3 Å². The van der Waals surface area contributed by atoms with Crippen LogP contribution in [-0.4, -0.2) is 31.6 Å². The molecule has 1 heterocycles. The van der Waals surface area contributed by atoms with Crippen LogP contribution in [0.4, 0.5) is 0 Å². The molecule has 1 N–H and O–H groups in total. The maximum atomic E-state index is 5.32. The Morgan fingerprint density at radius 1 is 1.14 bits per heavy atom. The number of methoxy groups -OCH3 is 1. The minimum atomic E-state index is 0.436. The van der Waals surface area contributed by atoms with Crippen molar-refractivity contribution in [2.45, 2.75) is 12.6 Å². The van der Waals surface area contributed by atoms with Crippen LogP contribution in [0.25, 0.3) is 0 Å². The highest BCUT2D eigenvalue weighted by atomic mass is 16.5. The van der Waals surface area contributed by atoms with Crippen molar-refractivity contribution in [1.82, 2.24) is 10.2 Å². The minimum Gasteiger partial charge on any atom is -0.497 e. The molecule has 0 radical (unpaired) electrons. The summed E-state index contributed by atoms with van der Waals surface area (Å²) in [6.45, 7) is 4.08. The third-order valence-corrected chi connectivity index (χ3v) is 4.06. The molecule has 1 fully saturated rings. The van der Waals surface area contributed by atoms with Crippen LogP contribution < -0.4 is 10.1 Å². The Bertz CT molecular complexity index is 570. The molecule has 0 spiro atoms. The predicted octanol–water partition coefficient (Wildman–Crippen LogP) is 2.84. The molecular weight excluding hydrogens is 260 g/mol. The molecule has 0 saturated carbocycles. The lowest BCUT2D eigenvalue weighted by atomic mass is 10.0. The maximum Gasteiger partial charge on any atom is 0.119 e. The van der Waals surface area contributed by atoms with Crippen molar-refractivity contribution in [1.29, 1.82) is 0 Å². The van der Waals surface area contributed by atoms with Crippen molar-refractivity contribution in [3.05, 3.63) is 65.7 Å². The molecule has 1 aliphatic rings. The first-order chi connectivity index (χ1) is 10.4. The highest BCUT2D eigenvalue weighted by Gasteiger charge is 2.23. The molecule has 2 aromatic rings. The second-order valence-electron chi connectivity index (χ2n) is 5.45. The highest BCUT2D eigenvalue weighted by Crippen LogP contribution is 2.24. The van der Waals surface area contributed by atoms with E-state index in [4.69, 9.17) is 4.74 Å². The number of ether oxygens (including phenoxy) is 1. The van der Waals surface area contributed by atoms with Gasteiger partial charge in [0.15, 0.2) is 0 Å². The highest BCUT2D eigenvalue weighted by molar-refractivity contribution is 5.29. The SMILES string of the molecule is COc1cccc(CN2CCNCC2c2ccccc2)c1. The van der Waals surface area contributed by atoms with E-state index in [0.29, 0.717) is 6.04 Å². The Balaban J connectivity index is 1.78. The van der Waals surface area contributed by atoms with Crippen molar-refractivity contribution in [3.63, 3.8) is 0 Å². The van der Waals surface area contributed by atoms with Gasteiger partial charge in [0.2, 0.25) is 0 Å². The van der Waals surface area contributed by atoms with E-state index < -0.39 is 0 Å². The molecule has 3 nitrogen and oxygen atoms in total. The summed E-state index contributed by atoms with van der Waals surface area (Å²) >= 11 is 0. The number of rotatable bonds is 4. The first-order valence-electron chi connectivity index (χ1n) is 7.49. The van der Waals surface area contributed by atoms with Crippen LogP contribution in [-0.2, 0) is 6.54 Å². The quantitative estimate of drug-likeness (QED) is 0.933. The summed E-state index contributed by atoms with van der Waals surface area (Å²) in [5.74, 6) is 0.930. The molecule has 21 heavy (non-hydrogen) atoms. The van der Waals surface area contributed by atoms with E-state index >= 15 is 0 Å². The van der Waals surface area contributed by atoms with Gasteiger partial charge in [-0.2, -0.15) is 0 Å². The van der Waals surface area contributed by atoms with Gasteiger partial charge in [0.25, 0.3) is 0 Å². The summed E-state index contributed by atoms with van der Waals surface area (Å²) in [6.07, 6.45) is 0. The zero-order chi connectivity index (χ0) is 14.5. The van der Waals surface area contributed by atoms with E-state index in [1.165, 1.54) is 11.1 Å².